The van der Waals surface area contributed by atoms with Crippen molar-refractivity contribution in [2.45, 2.75) is 50.5 Å². The summed E-state index contributed by atoms with van der Waals surface area (Å²) in [6, 6.07) is 4.52. The summed E-state index contributed by atoms with van der Waals surface area (Å²) in [4.78, 5) is 13.0. The smallest absolute Gasteiger partial charge is 0.293 e. The van der Waals surface area contributed by atoms with Gasteiger partial charge in [-0.2, -0.15) is 0 Å². The van der Waals surface area contributed by atoms with Gasteiger partial charge < -0.3 is 4.90 Å². The van der Waals surface area contributed by atoms with Gasteiger partial charge in [0.05, 0.1) is 9.82 Å². The zero-order valence-electron chi connectivity index (χ0n) is 13.9. The molecule has 6 nitrogen and oxygen atoms in total. The lowest BCUT2D eigenvalue weighted by molar-refractivity contribution is -0.384. The van der Waals surface area contributed by atoms with Crippen LogP contribution in [0.15, 0.2) is 23.1 Å². The molecule has 0 amide bonds. The zero-order valence-corrected chi connectivity index (χ0v) is 14.7. The summed E-state index contributed by atoms with van der Waals surface area (Å²) in [7, 11) is -3.46. The van der Waals surface area contributed by atoms with Gasteiger partial charge in [-0.05, 0) is 37.3 Å². The summed E-state index contributed by atoms with van der Waals surface area (Å²) in [5, 5.41) is 11.4. The molecule has 1 aliphatic rings. The topological polar surface area (TPSA) is 80.5 Å². The summed E-state index contributed by atoms with van der Waals surface area (Å²) >= 11 is 0. The van der Waals surface area contributed by atoms with E-state index in [1.807, 2.05) is 0 Å². The molecule has 128 valence electrons. The van der Waals surface area contributed by atoms with Gasteiger partial charge in [0.1, 0.15) is 5.69 Å². The highest BCUT2D eigenvalue weighted by molar-refractivity contribution is 7.90. The molecular formula is C16H24N2O4S. The molecule has 1 heterocycles. The van der Waals surface area contributed by atoms with Crippen LogP contribution in [-0.4, -0.2) is 32.2 Å². The Morgan fingerprint density at radius 3 is 2.70 bits per heavy atom. The molecule has 2 atom stereocenters. The Bertz CT molecular complexity index is 687. The van der Waals surface area contributed by atoms with E-state index in [0.29, 0.717) is 11.6 Å². The Morgan fingerprint density at radius 2 is 2.13 bits per heavy atom. The van der Waals surface area contributed by atoms with Gasteiger partial charge in [0.25, 0.3) is 5.69 Å². The molecule has 0 bridgehead atoms. The van der Waals surface area contributed by atoms with Crippen LogP contribution in [0.4, 0.5) is 11.4 Å². The van der Waals surface area contributed by atoms with Crippen molar-refractivity contribution < 1.29 is 13.3 Å². The van der Waals surface area contributed by atoms with E-state index in [4.69, 9.17) is 0 Å². The van der Waals surface area contributed by atoms with Gasteiger partial charge in [0, 0.05) is 24.9 Å². The molecule has 1 aliphatic heterocycles. The van der Waals surface area contributed by atoms with E-state index >= 15 is 0 Å². The third-order valence-electron chi connectivity index (χ3n) is 4.58. The predicted octanol–water partition coefficient (Wildman–Crippen LogP) is 3.40. The van der Waals surface area contributed by atoms with Gasteiger partial charge in [-0.1, -0.05) is 20.3 Å². The standard InChI is InChI=1S/C16H24N2O4S/c1-4-6-12(2)14-7-5-10-17(14)15-9-8-13(23(3,21)22)11-16(15)18(19)20/h8-9,11-12,14H,4-7,10H2,1-3H3. The molecule has 0 aromatic heterocycles. The normalized spacial score (nSPS) is 19.8. The van der Waals surface area contributed by atoms with Crippen molar-refractivity contribution in [2.75, 3.05) is 17.7 Å². The van der Waals surface area contributed by atoms with Gasteiger partial charge in [-0.15, -0.1) is 0 Å². The van der Waals surface area contributed by atoms with E-state index in [9.17, 15) is 18.5 Å². The van der Waals surface area contributed by atoms with E-state index in [2.05, 4.69) is 18.7 Å². The first-order valence-electron chi connectivity index (χ1n) is 8.00. The second-order valence-corrected chi connectivity index (χ2v) is 8.36. The van der Waals surface area contributed by atoms with Crippen molar-refractivity contribution in [2.24, 2.45) is 5.92 Å². The number of nitro benzene ring substituents is 1. The van der Waals surface area contributed by atoms with Crippen LogP contribution in [-0.2, 0) is 9.84 Å². The number of hydrogen-bond acceptors (Lipinski definition) is 5. The number of benzene rings is 1. The first-order chi connectivity index (χ1) is 10.8. The van der Waals surface area contributed by atoms with Gasteiger partial charge in [0.15, 0.2) is 9.84 Å². The Morgan fingerprint density at radius 1 is 1.43 bits per heavy atom. The van der Waals surface area contributed by atoms with Crippen molar-refractivity contribution >= 4 is 21.2 Å². The van der Waals surface area contributed by atoms with Crippen molar-refractivity contribution in [1.82, 2.24) is 0 Å². The molecule has 0 spiro atoms. The minimum Gasteiger partial charge on any atom is -0.363 e. The molecule has 23 heavy (non-hydrogen) atoms. The Balaban J connectivity index is 2.44. The molecule has 2 rings (SSSR count). The fourth-order valence-electron chi connectivity index (χ4n) is 3.45. The van der Waals surface area contributed by atoms with E-state index in [0.717, 1.165) is 38.5 Å². The number of nitrogens with zero attached hydrogens (tertiary/aromatic N) is 2. The number of anilines is 1. The van der Waals surface area contributed by atoms with Gasteiger partial charge in [-0.3, -0.25) is 10.1 Å². The Labute approximate surface area is 137 Å². The Kier molecular flexibility index (Phi) is 5.29. The minimum atomic E-state index is -3.46. The van der Waals surface area contributed by atoms with Gasteiger partial charge in [0.2, 0.25) is 0 Å². The summed E-state index contributed by atoms with van der Waals surface area (Å²) < 4.78 is 23.3. The zero-order chi connectivity index (χ0) is 17.2. The molecule has 0 N–H and O–H groups in total. The van der Waals surface area contributed by atoms with Crippen molar-refractivity contribution in [3.63, 3.8) is 0 Å². The number of sulfone groups is 1. The maximum absolute atomic E-state index is 11.7. The quantitative estimate of drug-likeness (QED) is 0.585. The SMILES string of the molecule is CCCC(C)C1CCCN1c1ccc(S(C)(=O)=O)cc1[N+](=O)[O-]. The Hall–Kier alpha value is -1.63. The van der Waals surface area contributed by atoms with Crippen molar-refractivity contribution in [3.8, 4) is 0 Å². The summed E-state index contributed by atoms with van der Waals surface area (Å²) in [5.74, 6) is 0.455. The highest BCUT2D eigenvalue weighted by Crippen LogP contribution is 2.38. The predicted molar refractivity (Wildman–Crippen MR) is 90.6 cm³/mol. The molecule has 1 aromatic rings. The van der Waals surface area contributed by atoms with E-state index < -0.39 is 14.8 Å². The van der Waals surface area contributed by atoms with Crippen molar-refractivity contribution in [3.05, 3.63) is 28.3 Å². The molecule has 0 saturated carbocycles. The lowest BCUT2D eigenvalue weighted by atomic mass is 9.94. The number of nitro groups is 1. The van der Waals surface area contributed by atoms with Gasteiger partial charge in [-0.25, -0.2) is 8.42 Å². The molecule has 1 saturated heterocycles. The van der Waals surface area contributed by atoms with E-state index in [-0.39, 0.29) is 16.6 Å². The molecule has 7 heteroatoms. The fraction of sp³-hybridized carbons (Fsp3) is 0.625. The van der Waals surface area contributed by atoms with Gasteiger partial charge >= 0.3 is 0 Å². The van der Waals surface area contributed by atoms with E-state index in [1.165, 1.54) is 12.1 Å². The molecule has 0 radical (unpaired) electrons. The average Bonchev–Trinajstić information content (AvgIpc) is 2.95. The summed E-state index contributed by atoms with van der Waals surface area (Å²) in [6.07, 6.45) is 5.25. The van der Waals surface area contributed by atoms with E-state index in [1.54, 1.807) is 6.07 Å². The highest BCUT2D eigenvalue weighted by atomic mass is 32.2. The molecule has 1 fully saturated rings. The molecule has 1 aromatic carbocycles. The second kappa shape index (κ2) is 6.86. The van der Waals surface area contributed by atoms with Crippen LogP contribution in [0.1, 0.15) is 39.5 Å². The maximum atomic E-state index is 11.7. The third-order valence-corrected chi connectivity index (χ3v) is 5.69. The van der Waals surface area contributed by atoms with Crippen LogP contribution in [0.3, 0.4) is 0 Å². The second-order valence-electron chi connectivity index (χ2n) is 6.35. The maximum Gasteiger partial charge on any atom is 0.293 e. The van der Waals surface area contributed by atoms with Crippen LogP contribution >= 0.6 is 0 Å². The molecule has 0 aliphatic carbocycles. The fourth-order valence-corrected chi connectivity index (χ4v) is 4.09. The molecular weight excluding hydrogens is 316 g/mol. The first kappa shape index (κ1) is 17.7. The van der Waals surface area contributed by atoms with Crippen LogP contribution < -0.4 is 4.90 Å². The van der Waals surface area contributed by atoms with Crippen LogP contribution in [0.2, 0.25) is 0 Å². The molecule has 2 unspecified atom stereocenters. The first-order valence-corrected chi connectivity index (χ1v) is 9.90. The minimum absolute atomic E-state index is 0.00898. The number of rotatable bonds is 6. The largest absolute Gasteiger partial charge is 0.363 e. The monoisotopic (exact) mass is 340 g/mol. The average molecular weight is 340 g/mol. The van der Waals surface area contributed by atoms with Crippen LogP contribution in [0, 0.1) is 16.0 Å². The van der Waals surface area contributed by atoms with Crippen LogP contribution in [0.25, 0.3) is 0 Å². The lowest BCUT2D eigenvalue weighted by Gasteiger charge is -2.31. The summed E-state index contributed by atoms with van der Waals surface area (Å²) in [5.41, 5.74) is 0.413. The van der Waals surface area contributed by atoms with Crippen molar-refractivity contribution in [1.29, 1.82) is 0 Å². The number of hydrogen-bond donors (Lipinski definition) is 0. The van der Waals surface area contributed by atoms with Crippen LogP contribution in [0.5, 0.6) is 0 Å². The highest BCUT2D eigenvalue weighted by Gasteiger charge is 2.33. The summed E-state index contributed by atoms with van der Waals surface area (Å²) in [6.45, 7) is 5.10. The lowest BCUT2D eigenvalue weighted by Crippen LogP contribution is -2.34. The third kappa shape index (κ3) is 3.83.